The molecule has 4 nitrogen and oxygen atoms in total. The first-order chi connectivity index (χ1) is 11.2. The van der Waals surface area contributed by atoms with Crippen LogP contribution in [-0.4, -0.2) is 35.8 Å². The van der Waals surface area contributed by atoms with E-state index >= 15 is 0 Å². The molecule has 6 heteroatoms. The predicted molar refractivity (Wildman–Crippen MR) is 81.4 cm³/mol. The number of rotatable bonds is 3. The number of fused-ring (bicyclic) bond motifs is 3. The predicted octanol–water partition coefficient (Wildman–Crippen LogP) is 3.41. The second-order valence-electron chi connectivity index (χ2n) is 7.08. The smallest absolute Gasteiger partial charge is 0.274 e. The van der Waals surface area contributed by atoms with Gasteiger partial charge in [-0.3, -0.25) is 0 Å². The Morgan fingerprint density at radius 3 is 2.62 bits per heavy atom. The van der Waals surface area contributed by atoms with Gasteiger partial charge in [0.25, 0.3) is 5.92 Å². The van der Waals surface area contributed by atoms with E-state index in [1.165, 1.54) is 0 Å². The van der Waals surface area contributed by atoms with Crippen molar-refractivity contribution < 1.29 is 27.7 Å². The fourth-order valence-electron chi connectivity index (χ4n) is 3.78. The highest BCUT2D eigenvalue weighted by Crippen LogP contribution is 2.58. The summed E-state index contributed by atoms with van der Waals surface area (Å²) in [6, 6.07) is 9.42. The third-order valence-electron chi connectivity index (χ3n) is 4.89. The Labute approximate surface area is 139 Å². The Morgan fingerprint density at radius 2 is 1.92 bits per heavy atom. The number of benzene rings is 1. The molecule has 0 spiro atoms. The van der Waals surface area contributed by atoms with Gasteiger partial charge in [0.15, 0.2) is 12.1 Å². The molecule has 24 heavy (non-hydrogen) atoms. The van der Waals surface area contributed by atoms with E-state index in [2.05, 4.69) is 6.58 Å². The van der Waals surface area contributed by atoms with Gasteiger partial charge in [-0.2, -0.15) is 0 Å². The minimum absolute atomic E-state index is 0.192. The van der Waals surface area contributed by atoms with E-state index in [4.69, 9.17) is 18.9 Å². The number of hydrogen-bond donors (Lipinski definition) is 0. The molecule has 130 valence electrons. The monoisotopic (exact) mass is 338 g/mol. The topological polar surface area (TPSA) is 36.9 Å². The van der Waals surface area contributed by atoms with Gasteiger partial charge in [0.1, 0.15) is 17.8 Å². The van der Waals surface area contributed by atoms with Crippen molar-refractivity contribution in [2.24, 2.45) is 0 Å². The summed E-state index contributed by atoms with van der Waals surface area (Å²) in [5, 5.41) is 0. The lowest BCUT2D eigenvalue weighted by Gasteiger charge is -2.33. The summed E-state index contributed by atoms with van der Waals surface area (Å²) in [7, 11) is 0. The molecule has 2 saturated heterocycles. The lowest BCUT2D eigenvalue weighted by atomic mass is 9.93. The molecular weight excluding hydrogens is 318 g/mol. The molecule has 4 atom stereocenters. The molecule has 0 bridgehead atoms. The van der Waals surface area contributed by atoms with Crippen LogP contribution in [0.15, 0.2) is 42.5 Å². The molecule has 1 aromatic rings. The van der Waals surface area contributed by atoms with Crippen LogP contribution in [0.2, 0.25) is 0 Å². The van der Waals surface area contributed by atoms with Crippen LogP contribution in [0.25, 0.3) is 0 Å². The van der Waals surface area contributed by atoms with Crippen LogP contribution in [0.5, 0.6) is 0 Å². The Morgan fingerprint density at radius 1 is 1.21 bits per heavy atom. The van der Waals surface area contributed by atoms with E-state index < -0.39 is 42.2 Å². The van der Waals surface area contributed by atoms with Gasteiger partial charge in [-0.25, -0.2) is 8.78 Å². The van der Waals surface area contributed by atoms with Crippen molar-refractivity contribution >= 4 is 0 Å². The molecule has 0 N–H and O–H groups in total. The molecule has 4 rings (SSSR count). The van der Waals surface area contributed by atoms with E-state index in [1.807, 2.05) is 30.3 Å². The van der Waals surface area contributed by atoms with Crippen molar-refractivity contribution in [3.05, 3.63) is 48.0 Å². The van der Waals surface area contributed by atoms with Crippen LogP contribution < -0.4 is 0 Å². The Bertz CT molecular complexity index is 660. The quantitative estimate of drug-likeness (QED) is 0.792. The van der Waals surface area contributed by atoms with Gasteiger partial charge in [0.05, 0.1) is 13.0 Å². The highest BCUT2D eigenvalue weighted by atomic mass is 19.3. The van der Waals surface area contributed by atoms with E-state index in [0.717, 1.165) is 5.56 Å². The van der Waals surface area contributed by atoms with E-state index in [-0.39, 0.29) is 12.2 Å². The van der Waals surface area contributed by atoms with Crippen molar-refractivity contribution in [3.8, 4) is 0 Å². The first-order valence-electron chi connectivity index (χ1n) is 8.00. The van der Waals surface area contributed by atoms with Crippen LogP contribution in [0.4, 0.5) is 8.78 Å². The zero-order valence-corrected chi connectivity index (χ0v) is 13.6. The van der Waals surface area contributed by atoms with Crippen LogP contribution in [0.1, 0.15) is 25.8 Å². The molecule has 0 radical (unpaired) electrons. The first kappa shape index (κ1) is 16.1. The Kier molecular flexibility index (Phi) is 3.42. The van der Waals surface area contributed by atoms with Crippen molar-refractivity contribution in [1.82, 2.24) is 0 Å². The lowest BCUT2D eigenvalue weighted by molar-refractivity contribution is -0.229. The highest BCUT2D eigenvalue weighted by Gasteiger charge is 2.73. The SMILES string of the molecule is C=C1[C@H]2O[C@@H]3OC(C)(C)OC3[C@@]2(OCc2ccccc2)CC1(F)F. The average molecular weight is 338 g/mol. The summed E-state index contributed by atoms with van der Waals surface area (Å²) >= 11 is 0. The second-order valence-corrected chi connectivity index (χ2v) is 7.08. The van der Waals surface area contributed by atoms with Gasteiger partial charge in [-0.05, 0) is 19.4 Å². The molecule has 1 unspecified atom stereocenters. The van der Waals surface area contributed by atoms with Crippen LogP contribution in [0.3, 0.4) is 0 Å². The molecule has 2 aliphatic heterocycles. The van der Waals surface area contributed by atoms with Gasteiger partial charge < -0.3 is 18.9 Å². The summed E-state index contributed by atoms with van der Waals surface area (Å²) in [6.07, 6.45) is -2.90. The fourth-order valence-corrected chi connectivity index (χ4v) is 3.78. The van der Waals surface area contributed by atoms with Crippen molar-refractivity contribution in [2.45, 2.75) is 62.7 Å². The molecule has 1 aromatic carbocycles. The number of halogens is 2. The summed E-state index contributed by atoms with van der Waals surface area (Å²) in [6.45, 7) is 7.20. The van der Waals surface area contributed by atoms with Gasteiger partial charge in [-0.1, -0.05) is 36.9 Å². The van der Waals surface area contributed by atoms with E-state index in [0.29, 0.717) is 0 Å². The summed E-state index contributed by atoms with van der Waals surface area (Å²) in [4.78, 5) is 0. The summed E-state index contributed by atoms with van der Waals surface area (Å²) in [5.74, 6) is -3.95. The van der Waals surface area contributed by atoms with Crippen molar-refractivity contribution in [1.29, 1.82) is 0 Å². The summed E-state index contributed by atoms with van der Waals surface area (Å²) in [5.41, 5.74) is -0.669. The number of ether oxygens (including phenoxy) is 4. The molecule has 1 aliphatic carbocycles. The fraction of sp³-hybridized carbons (Fsp3) is 0.556. The highest BCUT2D eigenvalue weighted by molar-refractivity contribution is 5.33. The Balaban J connectivity index is 1.65. The number of alkyl halides is 2. The zero-order valence-electron chi connectivity index (χ0n) is 13.6. The van der Waals surface area contributed by atoms with E-state index in [9.17, 15) is 8.78 Å². The molecule has 3 aliphatic rings. The minimum Gasteiger partial charge on any atom is -0.364 e. The van der Waals surface area contributed by atoms with E-state index in [1.54, 1.807) is 13.8 Å². The normalized spacial score (nSPS) is 39.0. The van der Waals surface area contributed by atoms with Gasteiger partial charge in [-0.15, -0.1) is 0 Å². The lowest BCUT2D eigenvalue weighted by Crippen LogP contribution is -2.48. The van der Waals surface area contributed by atoms with Gasteiger partial charge >= 0.3 is 0 Å². The van der Waals surface area contributed by atoms with Crippen LogP contribution in [-0.2, 0) is 25.6 Å². The zero-order chi connectivity index (χ0) is 17.2. The third kappa shape index (κ3) is 2.32. The minimum atomic E-state index is -3.05. The molecule has 2 heterocycles. The Hall–Kier alpha value is -1.34. The second kappa shape index (κ2) is 5.08. The third-order valence-corrected chi connectivity index (χ3v) is 4.89. The van der Waals surface area contributed by atoms with Crippen LogP contribution >= 0.6 is 0 Å². The molecular formula is C18H20F2O4. The largest absolute Gasteiger partial charge is 0.364 e. The first-order valence-corrected chi connectivity index (χ1v) is 8.00. The molecule has 0 amide bonds. The molecule has 3 fully saturated rings. The maximum Gasteiger partial charge on any atom is 0.274 e. The van der Waals surface area contributed by atoms with Gasteiger partial charge in [0, 0.05) is 5.57 Å². The molecule has 0 aromatic heterocycles. The number of hydrogen-bond acceptors (Lipinski definition) is 4. The molecule has 1 saturated carbocycles. The van der Waals surface area contributed by atoms with Crippen molar-refractivity contribution in [2.75, 3.05) is 0 Å². The van der Waals surface area contributed by atoms with Crippen molar-refractivity contribution in [3.63, 3.8) is 0 Å². The maximum absolute atomic E-state index is 14.3. The van der Waals surface area contributed by atoms with Gasteiger partial charge in [0.2, 0.25) is 0 Å². The average Bonchev–Trinajstić information content (AvgIpc) is 3.03. The summed E-state index contributed by atoms with van der Waals surface area (Å²) < 4.78 is 52.0. The van der Waals surface area contributed by atoms with Crippen LogP contribution in [0, 0.1) is 0 Å². The standard InChI is InChI=1S/C18H20F2O4/c1-11-13-17(10-18(11,19)20,21-9-12-7-5-4-6-8-12)14-15(22-13)24-16(2,3)23-14/h4-8,13-15H,1,9-10H2,2-3H3/t13-,14?,15-,17-/m1/s1. The maximum atomic E-state index is 14.3.